The van der Waals surface area contributed by atoms with Crippen molar-refractivity contribution < 1.29 is 0 Å². The number of hydrogen-bond acceptors (Lipinski definition) is 1. The Morgan fingerprint density at radius 3 is 1.89 bits per heavy atom. The molecule has 1 heteroatoms. The fourth-order valence-corrected chi connectivity index (χ4v) is 2.42. The summed E-state index contributed by atoms with van der Waals surface area (Å²) in [7, 11) is 0. The molecule has 0 aliphatic carbocycles. The summed E-state index contributed by atoms with van der Waals surface area (Å²) in [5, 5.41) is 3.62. The SMILES string of the molecule is Cc1cc(C)c(C)c(CC(C)NCC(C)C)c1C. The summed E-state index contributed by atoms with van der Waals surface area (Å²) in [6.45, 7) is 16.9. The molecule has 1 atom stereocenters. The molecular weight excluding hydrogens is 218 g/mol. The lowest BCUT2D eigenvalue weighted by Crippen LogP contribution is -2.31. The van der Waals surface area contributed by atoms with Crippen molar-refractivity contribution in [2.24, 2.45) is 5.92 Å². The minimum atomic E-state index is 0.547. The maximum Gasteiger partial charge on any atom is 0.00794 e. The quantitative estimate of drug-likeness (QED) is 0.826. The van der Waals surface area contributed by atoms with E-state index in [-0.39, 0.29) is 0 Å². The molecule has 0 heterocycles. The Morgan fingerprint density at radius 2 is 1.44 bits per heavy atom. The molecule has 18 heavy (non-hydrogen) atoms. The molecule has 0 aliphatic heterocycles. The zero-order chi connectivity index (χ0) is 13.9. The predicted molar refractivity (Wildman–Crippen MR) is 81.4 cm³/mol. The van der Waals surface area contributed by atoms with Crippen molar-refractivity contribution in [2.75, 3.05) is 6.54 Å². The Kier molecular flexibility index (Phi) is 5.40. The lowest BCUT2D eigenvalue weighted by molar-refractivity contribution is 0.481. The van der Waals surface area contributed by atoms with Crippen molar-refractivity contribution in [3.8, 4) is 0 Å². The van der Waals surface area contributed by atoms with Crippen LogP contribution in [0.5, 0.6) is 0 Å². The van der Waals surface area contributed by atoms with E-state index < -0.39 is 0 Å². The summed E-state index contributed by atoms with van der Waals surface area (Å²) in [5.41, 5.74) is 7.32. The van der Waals surface area contributed by atoms with E-state index in [1.54, 1.807) is 0 Å². The number of nitrogens with one attached hydrogen (secondary N) is 1. The van der Waals surface area contributed by atoms with Gasteiger partial charge in [0.2, 0.25) is 0 Å². The van der Waals surface area contributed by atoms with Crippen LogP contribution in [0.4, 0.5) is 0 Å². The van der Waals surface area contributed by atoms with Gasteiger partial charge in [0.1, 0.15) is 0 Å². The molecule has 1 unspecified atom stereocenters. The molecule has 1 aromatic carbocycles. The molecular formula is C17H29N. The molecule has 1 N–H and O–H groups in total. The van der Waals surface area contributed by atoms with E-state index in [0.29, 0.717) is 12.0 Å². The third kappa shape index (κ3) is 3.84. The van der Waals surface area contributed by atoms with Crippen LogP contribution < -0.4 is 5.32 Å². The second-order valence-electron chi connectivity index (χ2n) is 6.15. The lowest BCUT2D eigenvalue weighted by atomic mass is 9.90. The van der Waals surface area contributed by atoms with E-state index in [9.17, 15) is 0 Å². The maximum atomic E-state index is 3.62. The Labute approximate surface area is 113 Å². The van der Waals surface area contributed by atoms with Gasteiger partial charge >= 0.3 is 0 Å². The molecule has 1 nitrogen and oxygen atoms in total. The third-order valence-corrected chi connectivity index (χ3v) is 3.91. The minimum absolute atomic E-state index is 0.547. The first-order valence-electron chi connectivity index (χ1n) is 7.12. The van der Waals surface area contributed by atoms with Gasteiger partial charge in [0.15, 0.2) is 0 Å². The van der Waals surface area contributed by atoms with Crippen molar-refractivity contribution in [1.29, 1.82) is 0 Å². The molecule has 0 aliphatic rings. The summed E-state index contributed by atoms with van der Waals surface area (Å²) in [6, 6.07) is 2.85. The molecule has 0 saturated carbocycles. The molecule has 0 bridgehead atoms. The van der Waals surface area contributed by atoms with Gasteiger partial charge in [0, 0.05) is 6.04 Å². The van der Waals surface area contributed by atoms with Gasteiger partial charge in [-0.25, -0.2) is 0 Å². The maximum absolute atomic E-state index is 3.62. The summed E-state index contributed by atoms with van der Waals surface area (Å²) in [4.78, 5) is 0. The van der Waals surface area contributed by atoms with Crippen LogP contribution >= 0.6 is 0 Å². The first kappa shape index (κ1) is 15.2. The first-order valence-corrected chi connectivity index (χ1v) is 7.12. The normalized spacial score (nSPS) is 13.1. The van der Waals surface area contributed by atoms with Crippen molar-refractivity contribution >= 4 is 0 Å². The van der Waals surface area contributed by atoms with E-state index in [4.69, 9.17) is 0 Å². The summed E-state index contributed by atoms with van der Waals surface area (Å²) < 4.78 is 0. The fraction of sp³-hybridized carbons (Fsp3) is 0.647. The van der Waals surface area contributed by atoms with Gasteiger partial charge in [0.25, 0.3) is 0 Å². The lowest BCUT2D eigenvalue weighted by Gasteiger charge is -2.20. The van der Waals surface area contributed by atoms with Gasteiger partial charge in [-0.1, -0.05) is 19.9 Å². The minimum Gasteiger partial charge on any atom is -0.314 e. The number of aryl methyl sites for hydroxylation is 2. The van der Waals surface area contributed by atoms with E-state index in [2.05, 4.69) is 59.8 Å². The van der Waals surface area contributed by atoms with Crippen molar-refractivity contribution in [1.82, 2.24) is 5.32 Å². The summed E-state index contributed by atoms with van der Waals surface area (Å²) in [5.74, 6) is 0.717. The smallest absolute Gasteiger partial charge is 0.00794 e. The molecule has 102 valence electrons. The Hall–Kier alpha value is -0.820. The second kappa shape index (κ2) is 6.38. The van der Waals surface area contributed by atoms with E-state index >= 15 is 0 Å². The van der Waals surface area contributed by atoms with Crippen LogP contribution in [0.25, 0.3) is 0 Å². The fourth-order valence-electron chi connectivity index (χ4n) is 2.42. The molecule has 0 amide bonds. The highest BCUT2D eigenvalue weighted by molar-refractivity contribution is 5.44. The molecule has 0 fully saturated rings. The first-order chi connectivity index (χ1) is 8.32. The van der Waals surface area contributed by atoms with Crippen LogP contribution in [-0.4, -0.2) is 12.6 Å². The Bertz CT molecular complexity index is 378. The van der Waals surface area contributed by atoms with Crippen LogP contribution in [0.1, 0.15) is 48.6 Å². The number of rotatable bonds is 5. The summed E-state index contributed by atoms with van der Waals surface area (Å²) >= 11 is 0. The highest BCUT2D eigenvalue weighted by Crippen LogP contribution is 2.22. The topological polar surface area (TPSA) is 12.0 Å². The van der Waals surface area contributed by atoms with Gasteiger partial charge in [-0.05, 0) is 81.3 Å². The highest BCUT2D eigenvalue weighted by atomic mass is 14.9. The molecule has 0 saturated heterocycles. The van der Waals surface area contributed by atoms with E-state index in [1.165, 1.54) is 27.8 Å². The zero-order valence-electron chi connectivity index (χ0n) is 13.1. The standard InChI is InChI=1S/C17H29N/c1-11(2)10-18-14(5)9-17-15(6)12(3)8-13(4)16(17)7/h8,11,14,18H,9-10H2,1-7H3. The Morgan fingerprint density at radius 1 is 0.944 bits per heavy atom. The summed E-state index contributed by atoms with van der Waals surface area (Å²) in [6.07, 6.45) is 1.13. The third-order valence-electron chi connectivity index (χ3n) is 3.91. The van der Waals surface area contributed by atoms with Crippen molar-refractivity contribution in [2.45, 2.75) is 60.9 Å². The Balaban J connectivity index is 2.84. The van der Waals surface area contributed by atoms with Gasteiger partial charge < -0.3 is 5.32 Å². The molecule has 0 radical (unpaired) electrons. The van der Waals surface area contributed by atoms with Crippen molar-refractivity contribution in [3.63, 3.8) is 0 Å². The van der Waals surface area contributed by atoms with Gasteiger partial charge in [-0.2, -0.15) is 0 Å². The van der Waals surface area contributed by atoms with Gasteiger partial charge in [-0.15, -0.1) is 0 Å². The predicted octanol–water partition coefficient (Wildman–Crippen LogP) is 4.10. The molecule has 1 rings (SSSR count). The second-order valence-corrected chi connectivity index (χ2v) is 6.15. The van der Waals surface area contributed by atoms with Crippen LogP contribution in [0.3, 0.4) is 0 Å². The highest BCUT2D eigenvalue weighted by Gasteiger charge is 2.11. The van der Waals surface area contributed by atoms with Crippen molar-refractivity contribution in [3.05, 3.63) is 33.9 Å². The molecule has 1 aromatic rings. The van der Waals surface area contributed by atoms with Crippen LogP contribution in [-0.2, 0) is 6.42 Å². The largest absolute Gasteiger partial charge is 0.314 e. The van der Waals surface area contributed by atoms with Gasteiger partial charge in [0.05, 0.1) is 0 Å². The van der Waals surface area contributed by atoms with Crippen LogP contribution in [0.15, 0.2) is 6.07 Å². The number of hydrogen-bond donors (Lipinski definition) is 1. The van der Waals surface area contributed by atoms with E-state index in [1.807, 2.05) is 0 Å². The van der Waals surface area contributed by atoms with Gasteiger partial charge in [-0.3, -0.25) is 0 Å². The average Bonchev–Trinajstić information content (AvgIpc) is 2.29. The van der Waals surface area contributed by atoms with E-state index in [0.717, 1.165) is 13.0 Å². The zero-order valence-corrected chi connectivity index (χ0v) is 13.1. The average molecular weight is 247 g/mol. The van der Waals surface area contributed by atoms with Crippen LogP contribution in [0.2, 0.25) is 0 Å². The number of benzene rings is 1. The monoisotopic (exact) mass is 247 g/mol. The molecule has 0 aromatic heterocycles. The van der Waals surface area contributed by atoms with Crippen LogP contribution in [0, 0.1) is 33.6 Å². The molecule has 0 spiro atoms.